The Bertz CT molecular complexity index is 2330. The second kappa shape index (κ2) is 13.6. The van der Waals surface area contributed by atoms with Gasteiger partial charge in [-0.3, -0.25) is 9.59 Å². The number of carbonyl (C=O) groups is 2. The average Bonchev–Trinajstić information content (AvgIpc) is 3.02. The van der Waals surface area contributed by atoms with Crippen LogP contribution in [0.25, 0.3) is 33.4 Å². The van der Waals surface area contributed by atoms with Gasteiger partial charge in [-0.1, -0.05) is 12.1 Å². The molecule has 0 aromatic heterocycles. The van der Waals surface area contributed by atoms with Crippen LogP contribution in [0.1, 0.15) is 43.0 Å². The summed E-state index contributed by atoms with van der Waals surface area (Å²) in [4.78, 5) is 32.3. The number of aliphatic imine (C=N–C) groups is 2. The zero-order chi connectivity index (χ0) is 39.0. The fourth-order valence-corrected chi connectivity index (χ4v) is 5.15. The van der Waals surface area contributed by atoms with E-state index in [9.17, 15) is 56.7 Å². The highest BCUT2D eigenvalue weighted by atomic mass is 19.4. The number of nitrogens with zero attached hydrogens (tertiary/aromatic N) is 4. The maximum Gasteiger partial charge on any atom is 0.419 e. The van der Waals surface area contributed by atoms with E-state index in [4.69, 9.17) is 22.9 Å². The van der Waals surface area contributed by atoms with Gasteiger partial charge >= 0.3 is 12.4 Å². The standard InChI is InChI=1S/C32H18F8N8O4/c33-19-8-14(18(32(38,39)40)7-16(19)21-11(9-41)4-5-20(49)23(21)27(51)47-29(43)44)15-6-12(10-42)22(24(26(15)50)28(52)48-30(45)46)13-2-1-3-17(25(13)34)31(35,36)37/h1-8,49-50H,(H4,43,44,47,51)(H4,45,46,48,52). The number of rotatable bonds is 5. The Labute approximate surface area is 285 Å². The van der Waals surface area contributed by atoms with Crippen LogP contribution in [0.4, 0.5) is 35.1 Å². The van der Waals surface area contributed by atoms with Crippen LogP contribution in [0, 0.1) is 34.3 Å². The molecule has 4 aromatic rings. The van der Waals surface area contributed by atoms with Crippen molar-refractivity contribution in [1.82, 2.24) is 0 Å². The molecule has 10 N–H and O–H groups in total. The lowest BCUT2D eigenvalue weighted by molar-refractivity contribution is -0.140. The number of hydrogen-bond acceptors (Lipinski definition) is 6. The average molecular weight is 731 g/mol. The third-order valence-corrected chi connectivity index (χ3v) is 7.16. The maximum atomic E-state index is 16.1. The summed E-state index contributed by atoms with van der Waals surface area (Å²) in [6, 6.07) is 6.73. The van der Waals surface area contributed by atoms with Gasteiger partial charge in [0.15, 0.2) is 11.9 Å². The first-order chi connectivity index (χ1) is 24.1. The summed E-state index contributed by atoms with van der Waals surface area (Å²) in [5.74, 6) is -11.5. The largest absolute Gasteiger partial charge is 0.507 e. The van der Waals surface area contributed by atoms with Crippen LogP contribution in [-0.2, 0) is 12.4 Å². The van der Waals surface area contributed by atoms with Crippen LogP contribution in [0.2, 0.25) is 0 Å². The first-order valence-electron chi connectivity index (χ1n) is 13.8. The lowest BCUT2D eigenvalue weighted by Gasteiger charge is -2.21. The van der Waals surface area contributed by atoms with Crippen molar-refractivity contribution >= 4 is 23.7 Å². The van der Waals surface area contributed by atoms with E-state index in [1.54, 1.807) is 0 Å². The summed E-state index contributed by atoms with van der Waals surface area (Å²) < 4.78 is 116. The van der Waals surface area contributed by atoms with Crippen molar-refractivity contribution in [1.29, 1.82) is 10.5 Å². The molecule has 4 rings (SSSR count). The third-order valence-electron chi connectivity index (χ3n) is 7.16. The van der Waals surface area contributed by atoms with Crippen LogP contribution >= 0.6 is 0 Å². The topological polar surface area (TPSA) is 251 Å². The van der Waals surface area contributed by atoms with Gasteiger partial charge in [0, 0.05) is 33.4 Å². The van der Waals surface area contributed by atoms with Gasteiger partial charge in [0.05, 0.1) is 45.5 Å². The zero-order valence-electron chi connectivity index (χ0n) is 25.5. The Kier molecular flexibility index (Phi) is 9.83. The normalized spacial score (nSPS) is 11.3. The monoisotopic (exact) mass is 730 g/mol. The lowest BCUT2D eigenvalue weighted by atomic mass is 9.85. The fraction of sp³-hybridized carbons (Fsp3) is 0.0625. The smallest absolute Gasteiger partial charge is 0.419 e. The number of hydrogen-bond donors (Lipinski definition) is 6. The Balaban J connectivity index is 2.20. The minimum Gasteiger partial charge on any atom is -0.507 e. The van der Waals surface area contributed by atoms with Crippen molar-refractivity contribution in [3.63, 3.8) is 0 Å². The molecule has 12 nitrogen and oxygen atoms in total. The van der Waals surface area contributed by atoms with E-state index in [2.05, 4.69) is 9.98 Å². The van der Waals surface area contributed by atoms with Crippen molar-refractivity contribution in [2.45, 2.75) is 12.4 Å². The molecule has 0 spiro atoms. The summed E-state index contributed by atoms with van der Waals surface area (Å²) >= 11 is 0. The second-order valence-electron chi connectivity index (χ2n) is 10.4. The molecule has 0 aliphatic heterocycles. The number of nitriles is 2. The summed E-state index contributed by atoms with van der Waals surface area (Å²) in [6.45, 7) is 0. The molecule has 0 atom stereocenters. The molecule has 52 heavy (non-hydrogen) atoms. The molecule has 0 radical (unpaired) electrons. The summed E-state index contributed by atoms with van der Waals surface area (Å²) in [7, 11) is 0. The number of alkyl halides is 6. The molecule has 4 aromatic carbocycles. The highest BCUT2D eigenvalue weighted by Crippen LogP contribution is 2.49. The third kappa shape index (κ3) is 6.93. The molecule has 266 valence electrons. The molecule has 2 amide bonds. The lowest BCUT2D eigenvalue weighted by Crippen LogP contribution is -2.24. The van der Waals surface area contributed by atoms with Crippen molar-refractivity contribution in [3.05, 3.63) is 93.5 Å². The molecular weight excluding hydrogens is 712 g/mol. The Morgan fingerprint density at radius 1 is 0.654 bits per heavy atom. The Morgan fingerprint density at radius 3 is 1.71 bits per heavy atom. The molecule has 0 fully saturated rings. The van der Waals surface area contributed by atoms with E-state index in [-0.39, 0.29) is 12.1 Å². The fourth-order valence-electron chi connectivity index (χ4n) is 5.15. The maximum absolute atomic E-state index is 16.1. The van der Waals surface area contributed by atoms with Crippen molar-refractivity contribution < 1.29 is 54.9 Å². The highest BCUT2D eigenvalue weighted by molar-refractivity contribution is 6.11. The number of guanidine groups is 2. The molecule has 0 bridgehead atoms. The van der Waals surface area contributed by atoms with Gasteiger partial charge < -0.3 is 33.1 Å². The van der Waals surface area contributed by atoms with E-state index < -0.39 is 126 Å². The van der Waals surface area contributed by atoms with Crippen molar-refractivity contribution in [2.24, 2.45) is 32.9 Å². The van der Waals surface area contributed by atoms with Crippen LogP contribution in [0.15, 0.2) is 58.5 Å². The van der Waals surface area contributed by atoms with Gasteiger partial charge in [-0.2, -0.15) is 46.9 Å². The Hall–Kier alpha value is -7.22. The number of nitrogens with two attached hydrogens (primary N) is 4. The predicted molar refractivity (Wildman–Crippen MR) is 166 cm³/mol. The first-order valence-corrected chi connectivity index (χ1v) is 13.8. The van der Waals surface area contributed by atoms with Gasteiger partial charge in [0.25, 0.3) is 11.8 Å². The highest BCUT2D eigenvalue weighted by Gasteiger charge is 2.39. The predicted octanol–water partition coefficient (Wildman–Crippen LogP) is 4.99. The SMILES string of the molecule is N#Cc1ccc(O)c(C(=O)N=C(N)N)c1-c1cc(C(F)(F)F)c(-c2cc(C#N)c(-c3cccc(C(F)(F)F)c3F)c(C(=O)N=C(N)N)c2O)cc1F. The minimum atomic E-state index is -5.53. The zero-order valence-corrected chi connectivity index (χ0v) is 25.5. The molecule has 0 heterocycles. The number of carbonyl (C=O) groups excluding carboxylic acids is 2. The number of amides is 2. The van der Waals surface area contributed by atoms with Gasteiger partial charge in [0.1, 0.15) is 23.1 Å². The van der Waals surface area contributed by atoms with E-state index in [1.165, 1.54) is 12.1 Å². The summed E-state index contributed by atoms with van der Waals surface area (Å²) in [5.41, 5.74) is 6.29. The van der Waals surface area contributed by atoms with Crippen LogP contribution < -0.4 is 22.9 Å². The summed E-state index contributed by atoms with van der Waals surface area (Å²) in [6.07, 6.45) is -10.9. The van der Waals surface area contributed by atoms with Crippen LogP contribution in [-0.4, -0.2) is 33.9 Å². The summed E-state index contributed by atoms with van der Waals surface area (Å²) in [5, 5.41) is 41.4. The molecule has 0 aliphatic carbocycles. The Morgan fingerprint density at radius 2 is 1.19 bits per heavy atom. The van der Waals surface area contributed by atoms with E-state index in [0.29, 0.717) is 24.3 Å². The quantitative estimate of drug-likeness (QED) is 0.0912. The van der Waals surface area contributed by atoms with Gasteiger partial charge in [-0.15, -0.1) is 0 Å². The number of aromatic hydroxyl groups is 2. The van der Waals surface area contributed by atoms with Gasteiger partial charge in [-0.25, -0.2) is 8.78 Å². The molecule has 0 saturated heterocycles. The van der Waals surface area contributed by atoms with E-state index in [0.717, 1.165) is 12.1 Å². The number of benzene rings is 4. The molecule has 0 unspecified atom stereocenters. The van der Waals surface area contributed by atoms with Gasteiger partial charge in [-0.05, 0) is 36.4 Å². The molecule has 0 saturated carbocycles. The minimum absolute atomic E-state index is 0.0516. The van der Waals surface area contributed by atoms with Crippen molar-refractivity contribution in [2.75, 3.05) is 0 Å². The van der Waals surface area contributed by atoms with Crippen molar-refractivity contribution in [3.8, 4) is 57.0 Å². The first kappa shape index (κ1) is 37.6. The van der Waals surface area contributed by atoms with Gasteiger partial charge in [0.2, 0.25) is 0 Å². The van der Waals surface area contributed by atoms with E-state index >= 15 is 8.78 Å². The number of phenols is 2. The molecule has 0 aliphatic rings. The van der Waals surface area contributed by atoms with Crippen LogP contribution in [0.3, 0.4) is 0 Å². The van der Waals surface area contributed by atoms with Crippen LogP contribution in [0.5, 0.6) is 11.5 Å². The van der Waals surface area contributed by atoms with E-state index in [1.807, 2.05) is 0 Å². The molecule has 20 heteroatoms. The number of phenolic OH excluding ortho intramolecular Hbond substituents is 2. The number of halogens is 8. The second-order valence-corrected chi connectivity index (χ2v) is 10.4. The molecular formula is C32H18F8N8O4.